The van der Waals surface area contributed by atoms with Crippen molar-refractivity contribution in [2.75, 3.05) is 20.8 Å². The van der Waals surface area contributed by atoms with Crippen LogP contribution in [0.15, 0.2) is 23.1 Å². The first-order valence-electron chi connectivity index (χ1n) is 6.82. The lowest BCUT2D eigenvalue weighted by atomic mass is 9.98. The van der Waals surface area contributed by atoms with Crippen molar-refractivity contribution in [2.45, 2.75) is 30.2 Å². The maximum atomic E-state index is 12.5. The zero-order chi connectivity index (χ0) is 15.7. The summed E-state index contributed by atoms with van der Waals surface area (Å²) in [4.78, 5) is 0.139. The molecule has 0 spiro atoms. The van der Waals surface area contributed by atoms with Crippen molar-refractivity contribution in [1.29, 1.82) is 0 Å². The molecule has 8 heteroatoms. The summed E-state index contributed by atoms with van der Waals surface area (Å²) in [6.07, 6.45) is 2.00. The van der Waals surface area contributed by atoms with E-state index < -0.39 is 15.6 Å². The minimum absolute atomic E-state index is 0. The van der Waals surface area contributed by atoms with E-state index in [1.54, 1.807) is 6.07 Å². The van der Waals surface area contributed by atoms with Crippen LogP contribution in [-0.2, 0) is 10.0 Å². The summed E-state index contributed by atoms with van der Waals surface area (Å²) >= 11 is 0. The Balaban J connectivity index is 0.00000242. The zero-order valence-corrected chi connectivity index (χ0v) is 14.6. The molecule has 0 amide bonds. The van der Waals surface area contributed by atoms with Gasteiger partial charge in [0.25, 0.3) is 0 Å². The van der Waals surface area contributed by atoms with Gasteiger partial charge in [-0.3, -0.25) is 0 Å². The smallest absolute Gasteiger partial charge is 0.241 e. The van der Waals surface area contributed by atoms with Crippen LogP contribution in [0.3, 0.4) is 0 Å². The molecule has 0 aliphatic heterocycles. The summed E-state index contributed by atoms with van der Waals surface area (Å²) < 4.78 is 38.1. The molecule has 2 rings (SSSR count). The van der Waals surface area contributed by atoms with Crippen LogP contribution in [0.5, 0.6) is 11.5 Å². The first-order chi connectivity index (χ1) is 9.86. The van der Waals surface area contributed by atoms with E-state index in [1.165, 1.54) is 26.4 Å². The van der Waals surface area contributed by atoms with Gasteiger partial charge in [0.05, 0.1) is 19.1 Å². The maximum Gasteiger partial charge on any atom is 0.241 e. The molecule has 22 heavy (non-hydrogen) atoms. The molecule has 0 bridgehead atoms. The van der Waals surface area contributed by atoms with E-state index in [1.807, 2.05) is 6.92 Å². The number of sulfonamides is 1. The molecule has 1 aromatic rings. The average molecular weight is 351 g/mol. The van der Waals surface area contributed by atoms with Gasteiger partial charge in [-0.1, -0.05) is 0 Å². The van der Waals surface area contributed by atoms with Gasteiger partial charge in [-0.05, 0) is 37.8 Å². The predicted molar refractivity (Wildman–Crippen MR) is 87.3 cm³/mol. The van der Waals surface area contributed by atoms with Crippen molar-refractivity contribution in [3.05, 3.63) is 18.2 Å². The number of nitrogens with two attached hydrogens (primary N) is 1. The van der Waals surface area contributed by atoms with Crippen LogP contribution in [0.2, 0.25) is 0 Å². The second-order valence-electron chi connectivity index (χ2n) is 5.52. The number of rotatable bonds is 7. The number of hydrogen-bond donors (Lipinski definition) is 2. The maximum absolute atomic E-state index is 12.5. The van der Waals surface area contributed by atoms with Crippen LogP contribution < -0.4 is 19.9 Å². The number of nitrogens with one attached hydrogen (secondary N) is 1. The lowest BCUT2D eigenvalue weighted by Gasteiger charge is -2.29. The molecule has 1 unspecified atom stereocenters. The van der Waals surface area contributed by atoms with Crippen LogP contribution in [0.4, 0.5) is 0 Å². The van der Waals surface area contributed by atoms with Gasteiger partial charge < -0.3 is 15.2 Å². The van der Waals surface area contributed by atoms with Crippen molar-refractivity contribution in [3.8, 4) is 11.5 Å². The Kier molecular flexibility index (Phi) is 6.09. The summed E-state index contributed by atoms with van der Waals surface area (Å²) in [7, 11) is -0.687. The van der Waals surface area contributed by atoms with Crippen molar-refractivity contribution in [1.82, 2.24) is 4.72 Å². The zero-order valence-electron chi connectivity index (χ0n) is 13.0. The van der Waals surface area contributed by atoms with E-state index in [2.05, 4.69) is 4.72 Å². The minimum Gasteiger partial charge on any atom is -0.493 e. The topological polar surface area (TPSA) is 90.7 Å². The summed E-state index contributed by atoms with van der Waals surface area (Å²) in [5.41, 5.74) is 5.16. The van der Waals surface area contributed by atoms with Crippen molar-refractivity contribution in [3.63, 3.8) is 0 Å². The van der Waals surface area contributed by atoms with E-state index in [0.29, 0.717) is 17.4 Å². The van der Waals surface area contributed by atoms with Gasteiger partial charge in [0.1, 0.15) is 0 Å². The number of hydrogen-bond acceptors (Lipinski definition) is 5. The highest BCUT2D eigenvalue weighted by atomic mass is 35.5. The number of ether oxygens (including phenoxy) is 2. The van der Waals surface area contributed by atoms with Gasteiger partial charge >= 0.3 is 0 Å². The van der Waals surface area contributed by atoms with E-state index in [-0.39, 0.29) is 23.8 Å². The van der Waals surface area contributed by atoms with Gasteiger partial charge in [-0.25, -0.2) is 13.1 Å². The van der Waals surface area contributed by atoms with Crippen molar-refractivity contribution >= 4 is 22.4 Å². The number of halogens is 1. The standard InChI is InChI=1S/C14H22N2O4S.ClH/c1-14(9-15,10-4-5-10)16-21(17,18)11-6-7-12(19-2)13(8-11)20-3;/h6-8,10,16H,4-5,9,15H2,1-3H3;1H. The molecule has 1 atom stereocenters. The molecule has 6 nitrogen and oxygen atoms in total. The Morgan fingerprint density at radius 1 is 1.27 bits per heavy atom. The third kappa shape index (κ3) is 3.84. The van der Waals surface area contributed by atoms with Gasteiger partial charge in [-0.2, -0.15) is 0 Å². The van der Waals surface area contributed by atoms with Crippen LogP contribution >= 0.6 is 12.4 Å². The number of benzene rings is 1. The second-order valence-corrected chi connectivity index (χ2v) is 7.20. The predicted octanol–water partition coefficient (Wildman–Crippen LogP) is 1.53. The average Bonchev–Trinajstić information content (AvgIpc) is 3.30. The highest BCUT2D eigenvalue weighted by Crippen LogP contribution is 2.40. The van der Waals surface area contributed by atoms with E-state index >= 15 is 0 Å². The molecule has 1 saturated carbocycles. The first-order valence-corrected chi connectivity index (χ1v) is 8.30. The molecule has 126 valence electrons. The summed E-state index contributed by atoms with van der Waals surface area (Å²) in [5.74, 6) is 1.17. The fraction of sp³-hybridized carbons (Fsp3) is 0.571. The molecule has 0 aromatic heterocycles. The van der Waals surface area contributed by atoms with Crippen LogP contribution in [0, 0.1) is 5.92 Å². The molecule has 1 aliphatic rings. The van der Waals surface area contributed by atoms with Gasteiger partial charge in [0.15, 0.2) is 11.5 Å². The first kappa shape index (κ1) is 19.0. The largest absolute Gasteiger partial charge is 0.493 e. The summed E-state index contributed by atoms with van der Waals surface area (Å²) in [5, 5.41) is 0. The Morgan fingerprint density at radius 2 is 1.86 bits per heavy atom. The summed E-state index contributed by atoms with van der Waals surface area (Å²) in [6.45, 7) is 2.12. The van der Waals surface area contributed by atoms with Crippen molar-refractivity contribution < 1.29 is 17.9 Å². The third-order valence-corrected chi connectivity index (χ3v) is 5.54. The highest BCUT2D eigenvalue weighted by molar-refractivity contribution is 7.89. The van der Waals surface area contributed by atoms with E-state index in [9.17, 15) is 8.42 Å². The molecule has 3 N–H and O–H groups in total. The molecule has 0 saturated heterocycles. The highest BCUT2D eigenvalue weighted by Gasteiger charge is 2.43. The van der Waals surface area contributed by atoms with Gasteiger partial charge in [0, 0.05) is 18.2 Å². The van der Waals surface area contributed by atoms with Crippen LogP contribution in [0.25, 0.3) is 0 Å². The summed E-state index contributed by atoms with van der Waals surface area (Å²) in [6, 6.07) is 4.52. The van der Waals surface area contributed by atoms with Crippen molar-refractivity contribution in [2.24, 2.45) is 11.7 Å². The molecule has 1 fully saturated rings. The SMILES string of the molecule is COc1ccc(S(=O)(=O)NC(C)(CN)C2CC2)cc1OC.Cl. The van der Waals surface area contributed by atoms with Gasteiger partial charge in [-0.15, -0.1) is 12.4 Å². The molecule has 0 radical (unpaired) electrons. The molecule has 0 heterocycles. The lowest BCUT2D eigenvalue weighted by Crippen LogP contribution is -2.52. The van der Waals surface area contributed by atoms with Crippen LogP contribution in [-0.4, -0.2) is 34.7 Å². The number of methoxy groups -OCH3 is 2. The minimum atomic E-state index is -3.66. The normalized spacial score (nSPS) is 17.3. The second kappa shape index (κ2) is 7.04. The monoisotopic (exact) mass is 350 g/mol. The lowest BCUT2D eigenvalue weighted by molar-refractivity contribution is 0.353. The third-order valence-electron chi connectivity index (χ3n) is 3.94. The van der Waals surface area contributed by atoms with E-state index in [4.69, 9.17) is 15.2 Å². The Morgan fingerprint density at radius 3 is 2.32 bits per heavy atom. The Bertz CT molecular complexity index is 619. The Hall–Kier alpha value is -1.02. The fourth-order valence-corrected chi connectivity index (χ4v) is 3.85. The van der Waals surface area contributed by atoms with Gasteiger partial charge in [0.2, 0.25) is 10.0 Å². The molecular weight excluding hydrogens is 328 g/mol. The molecule has 1 aromatic carbocycles. The van der Waals surface area contributed by atoms with E-state index in [0.717, 1.165) is 12.8 Å². The van der Waals surface area contributed by atoms with Crippen LogP contribution in [0.1, 0.15) is 19.8 Å². The molecular formula is C14H23ClN2O4S. The Labute approximate surface area is 137 Å². The molecule has 1 aliphatic carbocycles. The quantitative estimate of drug-likeness (QED) is 0.778. The fourth-order valence-electron chi connectivity index (χ4n) is 2.36.